The zero-order valence-electron chi connectivity index (χ0n) is 19.1. The summed E-state index contributed by atoms with van der Waals surface area (Å²) in [5, 5.41) is 11.9. The van der Waals surface area contributed by atoms with Crippen molar-refractivity contribution in [3.05, 3.63) is 49.6 Å². The van der Waals surface area contributed by atoms with Crippen molar-refractivity contribution >= 4 is 33.1 Å². The molecule has 1 aliphatic rings. The van der Waals surface area contributed by atoms with Gasteiger partial charge < -0.3 is 5.32 Å². The smallest absolute Gasteiger partial charge is 0.279 e. The Morgan fingerprint density at radius 2 is 1.90 bits per heavy atom. The van der Waals surface area contributed by atoms with Crippen LogP contribution >= 0.6 is 11.3 Å². The van der Waals surface area contributed by atoms with Gasteiger partial charge in [0.05, 0.1) is 5.39 Å². The van der Waals surface area contributed by atoms with Crippen molar-refractivity contribution in [3.63, 3.8) is 0 Å². The minimum absolute atomic E-state index is 0.149. The summed E-state index contributed by atoms with van der Waals surface area (Å²) < 4.78 is 1.19. The molecule has 7 heteroatoms. The number of amides is 1. The molecule has 0 aliphatic heterocycles. The molecule has 31 heavy (non-hydrogen) atoms. The van der Waals surface area contributed by atoms with Gasteiger partial charge in [0.25, 0.3) is 5.56 Å². The number of hydrogen-bond acceptors (Lipinski definition) is 5. The molecule has 1 amide bonds. The molecule has 1 N–H and O–H groups in total. The number of nitrogens with one attached hydrogen (secondary N) is 1. The van der Waals surface area contributed by atoms with Crippen LogP contribution in [0.5, 0.6) is 0 Å². The van der Waals surface area contributed by atoms with E-state index in [1.807, 2.05) is 32.9 Å². The van der Waals surface area contributed by atoms with E-state index in [1.54, 1.807) is 11.3 Å². The van der Waals surface area contributed by atoms with Crippen LogP contribution in [0.4, 0.5) is 5.69 Å². The fourth-order valence-electron chi connectivity index (χ4n) is 4.66. The third kappa shape index (κ3) is 4.15. The highest BCUT2D eigenvalue weighted by molar-refractivity contribution is 7.18. The number of carbonyl (C=O) groups is 1. The second-order valence-electron chi connectivity index (χ2n) is 9.86. The number of aromatic nitrogens is 3. The lowest BCUT2D eigenvalue weighted by Gasteiger charge is -2.33. The highest BCUT2D eigenvalue weighted by Gasteiger charge is 2.32. The van der Waals surface area contributed by atoms with Crippen molar-refractivity contribution in [2.24, 2.45) is 11.3 Å². The normalized spacial score (nSPS) is 16.4. The van der Waals surface area contributed by atoms with Gasteiger partial charge in [-0.05, 0) is 68.1 Å². The summed E-state index contributed by atoms with van der Waals surface area (Å²) >= 11 is 1.58. The third-order valence-electron chi connectivity index (χ3n) is 6.40. The van der Waals surface area contributed by atoms with Gasteiger partial charge in [0.15, 0.2) is 4.83 Å². The molecule has 1 atom stereocenters. The van der Waals surface area contributed by atoms with Crippen LogP contribution in [-0.4, -0.2) is 20.9 Å². The predicted octanol–water partition coefficient (Wildman–Crippen LogP) is 4.57. The summed E-state index contributed by atoms with van der Waals surface area (Å²) in [6, 6.07) is 4.06. The Morgan fingerprint density at radius 1 is 1.23 bits per heavy atom. The molecule has 1 aromatic carbocycles. The topological polar surface area (TPSA) is 76.9 Å². The van der Waals surface area contributed by atoms with Crippen molar-refractivity contribution in [3.8, 4) is 0 Å². The minimum atomic E-state index is -0.275. The number of benzene rings is 1. The zero-order valence-corrected chi connectivity index (χ0v) is 19.9. The standard InChI is InChI=1S/C24H30N4O2S/c1-13-9-14(2)21(15(3)10-13)25-19(29)12-28-23(30)20-17-8-7-16(24(4,5)6)11-18(17)31-22(20)26-27-28/h9-10,16H,7-8,11-12H2,1-6H3,(H,25,29)/t16-/m0/s1. The first-order chi connectivity index (χ1) is 14.5. The van der Waals surface area contributed by atoms with Gasteiger partial charge in [-0.15, -0.1) is 16.4 Å². The lowest BCUT2D eigenvalue weighted by Crippen LogP contribution is -2.31. The van der Waals surface area contributed by atoms with Crippen LogP contribution in [0.15, 0.2) is 16.9 Å². The molecule has 1 aliphatic carbocycles. The monoisotopic (exact) mass is 438 g/mol. The van der Waals surface area contributed by atoms with Gasteiger partial charge in [0, 0.05) is 10.6 Å². The molecule has 6 nitrogen and oxygen atoms in total. The quantitative estimate of drug-likeness (QED) is 0.650. The number of fused-ring (bicyclic) bond motifs is 3. The first-order valence-corrected chi connectivity index (χ1v) is 11.6. The number of hydrogen-bond donors (Lipinski definition) is 1. The maximum Gasteiger partial charge on any atom is 0.279 e. The molecular weight excluding hydrogens is 408 g/mol. The molecule has 0 bridgehead atoms. The lowest BCUT2D eigenvalue weighted by atomic mass is 9.72. The van der Waals surface area contributed by atoms with Gasteiger partial charge in [-0.2, -0.15) is 0 Å². The Bertz CT molecular complexity index is 1210. The molecule has 0 spiro atoms. The molecule has 0 radical (unpaired) electrons. The average molecular weight is 439 g/mol. The number of carbonyl (C=O) groups excluding carboxylic acids is 1. The molecule has 4 rings (SSSR count). The number of thiophene rings is 1. The molecule has 0 saturated carbocycles. The van der Waals surface area contributed by atoms with E-state index in [9.17, 15) is 9.59 Å². The van der Waals surface area contributed by atoms with E-state index in [0.29, 0.717) is 16.1 Å². The molecule has 164 valence electrons. The highest BCUT2D eigenvalue weighted by Crippen LogP contribution is 2.41. The molecule has 0 fully saturated rings. The molecule has 0 unspecified atom stereocenters. The van der Waals surface area contributed by atoms with Gasteiger partial charge in [0.2, 0.25) is 5.91 Å². The number of nitrogens with zero attached hydrogens (tertiary/aromatic N) is 3. The second-order valence-corrected chi connectivity index (χ2v) is 10.9. The largest absolute Gasteiger partial charge is 0.324 e. The van der Waals surface area contributed by atoms with Crippen LogP contribution in [0, 0.1) is 32.1 Å². The molecular formula is C24H30N4O2S. The first-order valence-electron chi connectivity index (χ1n) is 10.8. The van der Waals surface area contributed by atoms with Gasteiger partial charge in [-0.3, -0.25) is 9.59 Å². The fraction of sp³-hybridized carbons (Fsp3) is 0.500. The van der Waals surface area contributed by atoms with Gasteiger partial charge in [-0.1, -0.05) is 43.7 Å². The maximum atomic E-state index is 13.2. The highest BCUT2D eigenvalue weighted by atomic mass is 32.1. The maximum absolute atomic E-state index is 13.2. The van der Waals surface area contributed by atoms with Crippen LogP contribution < -0.4 is 10.9 Å². The Hall–Kier alpha value is -2.54. The van der Waals surface area contributed by atoms with Crippen LogP contribution in [0.3, 0.4) is 0 Å². The number of aryl methyl sites for hydroxylation is 4. The minimum Gasteiger partial charge on any atom is -0.324 e. The van der Waals surface area contributed by atoms with Crippen molar-refractivity contribution < 1.29 is 4.79 Å². The summed E-state index contributed by atoms with van der Waals surface area (Å²) in [5.41, 5.74) is 5.07. The van der Waals surface area contributed by atoms with E-state index in [1.165, 1.54) is 9.56 Å². The predicted molar refractivity (Wildman–Crippen MR) is 126 cm³/mol. The average Bonchev–Trinajstić information content (AvgIpc) is 3.04. The van der Waals surface area contributed by atoms with Crippen LogP contribution in [0.2, 0.25) is 0 Å². The Morgan fingerprint density at radius 3 is 2.55 bits per heavy atom. The number of rotatable bonds is 3. The summed E-state index contributed by atoms with van der Waals surface area (Å²) in [5.74, 6) is 0.317. The summed E-state index contributed by atoms with van der Waals surface area (Å²) in [4.78, 5) is 27.8. The summed E-state index contributed by atoms with van der Waals surface area (Å²) in [6.07, 6.45) is 2.93. The Balaban J connectivity index is 1.61. The Labute approximate surface area is 186 Å². The van der Waals surface area contributed by atoms with E-state index >= 15 is 0 Å². The van der Waals surface area contributed by atoms with E-state index in [2.05, 4.69) is 36.4 Å². The Kier molecular flexibility index (Phi) is 5.50. The van der Waals surface area contributed by atoms with E-state index < -0.39 is 0 Å². The van der Waals surface area contributed by atoms with E-state index in [0.717, 1.165) is 47.2 Å². The van der Waals surface area contributed by atoms with Gasteiger partial charge in [0.1, 0.15) is 6.54 Å². The van der Waals surface area contributed by atoms with Crippen LogP contribution in [0.25, 0.3) is 10.2 Å². The second kappa shape index (κ2) is 7.86. The number of anilines is 1. The van der Waals surface area contributed by atoms with Crippen molar-refractivity contribution in [2.75, 3.05) is 5.32 Å². The third-order valence-corrected chi connectivity index (χ3v) is 7.54. The molecule has 3 aromatic rings. The molecule has 2 aromatic heterocycles. The summed E-state index contributed by atoms with van der Waals surface area (Å²) in [7, 11) is 0. The molecule has 2 heterocycles. The van der Waals surface area contributed by atoms with E-state index in [-0.39, 0.29) is 23.4 Å². The fourth-order valence-corrected chi connectivity index (χ4v) is 5.90. The first kappa shape index (κ1) is 21.7. The summed E-state index contributed by atoms with van der Waals surface area (Å²) in [6.45, 7) is 12.6. The molecule has 0 saturated heterocycles. The van der Waals surface area contributed by atoms with Crippen LogP contribution in [0.1, 0.15) is 54.3 Å². The van der Waals surface area contributed by atoms with Crippen molar-refractivity contribution in [1.82, 2.24) is 15.0 Å². The van der Waals surface area contributed by atoms with E-state index in [4.69, 9.17) is 0 Å². The lowest BCUT2D eigenvalue weighted by molar-refractivity contribution is -0.117. The van der Waals surface area contributed by atoms with Gasteiger partial charge in [-0.25, -0.2) is 4.68 Å². The zero-order chi connectivity index (χ0) is 22.5. The SMILES string of the molecule is Cc1cc(C)c(NC(=O)Cn2nnc3sc4c(c3c2=O)CC[C@H](C(C)(C)C)C4)c(C)c1. The van der Waals surface area contributed by atoms with Crippen molar-refractivity contribution in [2.45, 2.75) is 67.3 Å². The van der Waals surface area contributed by atoms with Crippen LogP contribution in [-0.2, 0) is 24.2 Å². The van der Waals surface area contributed by atoms with Crippen molar-refractivity contribution in [1.29, 1.82) is 0 Å². The van der Waals surface area contributed by atoms with Gasteiger partial charge >= 0.3 is 0 Å².